The molecular formula is C14H15N4O3S+. The van der Waals surface area contributed by atoms with Crippen molar-refractivity contribution in [3.8, 4) is 0 Å². The molecule has 1 aromatic carbocycles. The quantitative estimate of drug-likeness (QED) is 0.649. The first-order valence-corrected chi connectivity index (χ1v) is 7.70. The Kier molecular flexibility index (Phi) is 3.86. The second kappa shape index (κ2) is 5.82. The van der Waals surface area contributed by atoms with Gasteiger partial charge >= 0.3 is 0 Å². The number of hydrogen-bond acceptors (Lipinski definition) is 5. The van der Waals surface area contributed by atoms with Crippen LogP contribution in [-0.4, -0.2) is 29.4 Å². The Balaban J connectivity index is 1.77. The number of likely N-dealkylation sites (N-methyl/N-ethyl adjacent to an activating group) is 1. The van der Waals surface area contributed by atoms with E-state index in [2.05, 4.69) is 17.3 Å². The Bertz CT molecular complexity index is 743. The van der Waals surface area contributed by atoms with Crippen LogP contribution in [0.2, 0.25) is 0 Å². The summed E-state index contributed by atoms with van der Waals surface area (Å²) in [6, 6.07) is 5.67. The highest BCUT2D eigenvalue weighted by atomic mass is 32.1. The first-order chi connectivity index (χ1) is 10.5. The number of nitro benzene ring substituents is 1. The van der Waals surface area contributed by atoms with Crippen LogP contribution in [0.3, 0.4) is 0 Å². The number of non-ortho nitro benzene ring substituents is 1. The van der Waals surface area contributed by atoms with Crippen LogP contribution in [0, 0.1) is 10.1 Å². The molecule has 1 aliphatic heterocycles. The summed E-state index contributed by atoms with van der Waals surface area (Å²) in [6.07, 6.45) is 0.907. The lowest BCUT2D eigenvalue weighted by molar-refractivity contribution is -0.895. The molecule has 0 aliphatic carbocycles. The molecular weight excluding hydrogens is 304 g/mol. The molecule has 1 amide bonds. The third kappa shape index (κ3) is 2.97. The Hall–Kier alpha value is -2.32. The number of anilines is 1. The molecule has 8 heteroatoms. The van der Waals surface area contributed by atoms with E-state index in [0.717, 1.165) is 25.2 Å². The van der Waals surface area contributed by atoms with Crippen molar-refractivity contribution in [2.45, 2.75) is 13.0 Å². The minimum Gasteiger partial charge on any atom is -0.333 e. The van der Waals surface area contributed by atoms with Crippen LogP contribution in [0.25, 0.3) is 0 Å². The molecule has 2 heterocycles. The number of fused-ring (bicyclic) bond motifs is 1. The van der Waals surface area contributed by atoms with E-state index in [1.807, 2.05) is 0 Å². The number of quaternary nitrogens is 1. The van der Waals surface area contributed by atoms with E-state index < -0.39 is 4.92 Å². The zero-order valence-corrected chi connectivity index (χ0v) is 12.8. The van der Waals surface area contributed by atoms with E-state index in [9.17, 15) is 14.9 Å². The first-order valence-electron chi connectivity index (χ1n) is 6.88. The highest BCUT2D eigenvalue weighted by molar-refractivity contribution is 7.15. The average Bonchev–Trinajstić information content (AvgIpc) is 2.88. The van der Waals surface area contributed by atoms with Gasteiger partial charge in [0.2, 0.25) is 0 Å². The van der Waals surface area contributed by atoms with Gasteiger partial charge in [0.15, 0.2) is 5.13 Å². The van der Waals surface area contributed by atoms with E-state index >= 15 is 0 Å². The number of nitrogens with one attached hydrogen (secondary N) is 2. The second-order valence-corrected chi connectivity index (χ2v) is 6.37. The predicted octanol–water partition coefficient (Wildman–Crippen LogP) is 0.874. The number of aromatic nitrogens is 1. The topological polar surface area (TPSA) is 89.6 Å². The number of nitro groups is 1. The third-order valence-electron chi connectivity index (χ3n) is 3.57. The maximum atomic E-state index is 12.2. The van der Waals surface area contributed by atoms with Crippen LogP contribution in [0.1, 0.15) is 20.9 Å². The number of carbonyl (C=O) groups excluding carboxylic acids is 1. The summed E-state index contributed by atoms with van der Waals surface area (Å²) in [6.45, 7) is 1.95. The second-order valence-electron chi connectivity index (χ2n) is 5.28. The number of hydrogen-bond donors (Lipinski definition) is 2. The van der Waals surface area contributed by atoms with Gasteiger partial charge in [-0.25, -0.2) is 4.98 Å². The summed E-state index contributed by atoms with van der Waals surface area (Å²) in [7, 11) is 2.13. The van der Waals surface area contributed by atoms with E-state index in [1.165, 1.54) is 39.3 Å². The van der Waals surface area contributed by atoms with E-state index in [4.69, 9.17) is 0 Å². The Morgan fingerprint density at radius 1 is 1.50 bits per heavy atom. The molecule has 3 rings (SSSR count). The van der Waals surface area contributed by atoms with Crippen molar-refractivity contribution >= 4 is 28.1 Å². The number of nitrogens with zero attached hydrogens (tertiary/aromatic N) is 2. The maximum absolute atomic E-state index is 12.2. The minimum absolute atomic E-state index is 0.101. The van der Waals surface area contributed by atoms with Gasteiger partial charge in [-0.15, -0.1) is 0 Å². The molecule has 0 bridgehead atoms. The van der Waals surface area contributed by atoms with E-state index in [1.54, 1.807) is 6.07 Å². The highest BCUT2D eigenvalue weighted by Crippen LogP contribution is 2.25. The fourth-order valence-electron chi connectivity index (χ4n) is 2.39. The molecule has 22 heavy (non-hydrogen) atoms. The largest absolute Gasteiger partial charge is 0.333 e. The van der Waals surface area contributed by atoms with E-state index in [-0.39, 0.29) is 17.2 Å². The molecule has 2 aromatic rings. The summed E-state index contributed by atoms with van der Waals surface area (Å²) in [5, 5.41) is 14.0. The van der Waals surface area contributed by atoms with Crippen LogP contribution in [-0.2, 0) is 13.0 Å². The van der Waals surface area contributed by atoms with Gasteiger partial charge in [0.25, 0.3) is 11.6 Å². The summed E-state index contributed by atoms with van der Waals surface area (Å²) < 4.78 is 0. The van der Waals surface area contributed by atoms with Gasteiger partial charge in [0.1, 0.15) is 6.54 Å². The lowest BCUT2D eigenvalue weighted by atomic mass is 10.2. The Labute approximate surface area is 130 Å². The number of thiazole rings is 1. The number of rotatable bonds is 3. The lowest BCUT2D eigenvalue weighted by Crippen LogP contribution is -3.08. The van der Waals surface area contributed by atoms with Gasteiger partial charge in [-0.1, -0.05) is 17.4 Å². The normalized spacial score (nSPS) is 16.9. The Morgan fingerprint density at radius 3 is 3.09 bits per heavy atom. The number of benzene rings is 1. The zero-order valence-electron chi connectivity index (χ0n) is 12.0. The van der Waals surface area contributed by atoms with Crippen molar-refractivity contribution in [1.82, 2.24) is 4.98 Å². The molecule has 7 nitrogen and oxygen atoms in total. The van der Waals surface area contributed by atoms with Crippen molar-refractivity contribution < 1.29 is 14.6 Å². The maximum Gasteiger partial charge on any atom is 0.270 e. The van der Waals surface area contributed by atoms with Gasteiger partial charge in [0.05, 0.1) is 29.1 Å². The summed E-state index contributed by atoms with van der Waals surface area (Å²) in [5.41, 5.74) is 1.20. The monoisotopic (exact) mass is 319 g/mol. The van der Waals surface area contributed by atoms with Crippen LogP contribution >= 0.6 is 11.3 Å². The van der Waals surface area contributed by atoms with Crippen LogP contribution in [0.4, 0.5) is 10.8 Å². The molecule has 0 saturated heterocycles. The molecule has 0 saturated carbocycles. The summed E-state index contributed by atoms with van der Waals surface area (Å²) >= 11 is 1.47. The van der Waals surface area contributed by atoms with Gasteiger partial charge in [0, 0.05) is 24.1 Å². The molecule has 1 aliphatic rings. The molecule has 0 fully saturated rings. The van der Waals surface area contributed by atoms with Crippen molar-refractivity contribution in [1.29, 1.82) is 0 Å². The van der Waals surface area contributed by atoms with Crippen LogP contribution < -0.4 is 10.2 Å². The van der Waals surface area contributed by atoms with Gasteiger partial charge in [-0.3, -0.25) is 20.2 Å². The summed E-state index contributed by atoms with van der Waals surface area (Å²) in [5.74, 6) is -0.379. The first kappa shape index (κ1) is 14.6. The fourth-order valence-corrected chi connectivity index (χ4v) is 3.51. The van der Waals surface area contributed by atoms with Crippen LogP contribution in [0.15, 0.2) is 24.3 Å². The standard InChI is InChI=1S/C14H14N4O3S/c1-17-6-5-11-12(8-17)22-14(15-11)16-13(19)9-3-2-4-10(7-9)18(20)21/h2-4,7H,5-6,8H2,1H3,(H,15,16,19)/p+1. The molecule has 2 N–H and O–H groups in total. The fraction of sp³-hybridized carbons (Fsp3) is 0.286. The molecule has 114 valence electrons. The van der Waals surface area contributed by atoms with E-state index in [0.29, 0.717) is 5.13 Å². The smallest absolute Gasteiger partial charge is 0.270 e. The van der Waals surface area contributed by atoms with Crippen molar-refractivity contribution in [3.05, 3.63) is 50.5 Å². The van der Waals surface area contributed by atoms with Gasteiger partial charge in [-0.05, 0) is 6.07 Å². The summed E-state index contributed by atoms with van der Waals surface area (Å²) in [4.78, 5) is 29.5. The van der Waals surface area contributed by atoms with Crippen LogP contribution in [0.5, 0.6) is 0 Å². The third-order valence-corrected chi connectivity index (χ3v) is 4.58. The van der Waals surface area contributed by atoms with Gasteiger partial charge in [-0.2, -0.15) is 0 Å². The highest BCUT2D eigenvalue weighted by Gasteiger charge is 2.22. The van der Waals surface area contributed by atoms with Gasteiger partial charge < -0.3 is 4.90 Å². The number of carbonyl (C=O) groups is 1. The zero-order chi connectivity index (χ0) is 15.7. The molecule has 0 radical (unpaired) electrons. The average molecular weight is 319 g/mol. The Morgan fingerprint density at radius 2 is 2.32 bits per heavy atom. The number of amides is 1. The molecule has 1 unspecified atom stereocenters. The molecule has 1 atom stereocenters. The van der Waals surface area contributed by atoms with Crippen molar-refractivity contribution in [2.75, 3.05) is 18.9 Å². The van der Waals surface area contributed by atoms with Crippen molar-refractivity contribution in [2.24, 2.45) is 0 Å². The predicted molar refractivity (Wildman–Crippen MR) is 82.3 cm³/mol. The SMILES string of the molecule is C[NH+]1CCc2nc(NC(=O)c3cccc([N+](=O)[O-])c3)sc2C1. The lowest BCUT2D eigenvalue weighted by Gasteiger charge is -2.17. The molecule has 0 spiro atoms. The van der Waals surface area contributed by atoms with Crippen molar-refractivity contribution in [3.63, 3.8) is 0 Å². The molecule has 1 aromatic heterocycles. The minimum atomic E-state index is -0.516.